The van der Waals surface area contributed by atoms with Gasteiger partial charge in [0.1, 0.15) is 5.54 Å². The molecule has 20 heavy (non-hydrogen) atoms. The van der Waals surface area contributed by atoms with Crippen LogP contribution in [0.15, 0.2) is 0 Å². The second-order valence-corrected chi connectivity index (χ2v) is 7.13. The first kappa shape index (κ1) is 15.8. The Morgan fingerprint density at radius 2 is 2.10 bits per heavy atom. The van der Waals surface area contributed by atoms with Crippen molar-refractivity contribution in [2.45, 2.75) is 57.2 Å². The van der Waals surface area contributed by atoms with Gasteiger partial charge in [-0.2, -0.15) is 5.26 Å². The van der Waals surface area contributed by atoms with Crippen LogP contribution in [0.25, 0.3) is 0 Å². The number of nitriles is 1. The monoisotopic (exact) mass is 278 g/mol. The standard InChI is InChI=1S/C16H30N4/c1-13(2)18-16(11-17,14-7-8-14)12-19(3)10-15-6-5-9-20(15)4/h13-15,18H,5-10,12H2,1-4H3. The molecule has 2 rings (SSSR count). The van der Waals surface area contributed by atoms with Crippen molar-refractivity contribution in [3.63, 3.8) is 0 Å². The van der Waals surface area contributed by atoms with Crippen LogP contribution >= 0.6 is 0 Å². The van der Waals surface area contributed by atoms with Gasteiger partial charge in [-0.25, -0.2) is 0 Å². The minimum absolute atomic E-state index is 0.347. The van der Waals surface area contributed by atoms with Crippen molar-refractivity contribution in [3.05, 3.63) is 0 Å². The van der Waals surface area contributed by atoms with E-state index in [4.69, 9.17) is 0 Å². The second-order valence-electron chi connectivity index (χ2n) is 7.13. The van der Waals surface area contributed by atoms with Crippen molar-refractivity contribution in [2.24, 2.45) is 5.92 Å². The van der Waals surface area contributed by atoms with Gasteiger partial charge < -0.3 is 9.80 Å². The van der Waals surface area contributed by atoms with E-state index in [-0.39, 0.29) is 5.54 Å². The molecule has 2 aliphatic rings. The number of nitrogens with one attached hydrogen (secondary N) is 1. The molecule has 2 unspecified atom stereocenters. The molecule has 1 aliphatic carbocycles. The Balaban J connectivity index is 1.95. The van der Waals surface area contributed by atoms with Crippen LogP contribution in [0, 0.1) is 17.2 Å². The van der Waals surface area contributed by atoms with Crippen LogP contribution in [-0.2, 0) is 0 Å². The zero-order valence-electron chi connectivity index (χ0n) is 13.5. The smallest absolute Gasteiger partial charge is 0.122 e. The highest BCUT2D eigenvalue weighted by Crippen LogP contribution is 2.40. The zero-order chi connectivity index (χ0) is 14.8. The fourth-order valence-corrected chi connectivity index (χ4v) is 3.60. The van der Waals surface area contributed by atoms with Crippen molar-refractivity contribution in [2.75, 3.05) is 33.7 Å². The van der Waals surface area contributed by atoms with E-state index in [1.807, 2.05) is 0 Å². The van der Waals surface area contributed by atoms with E-state index in [0.29, 0.717) is 18.0 Å². The van der Waals surface area contributed by atoms with Gasteiger partial charge in [0.2, 0.25) is 0 Å². The van der Waals surface area contributed by atoms with Gasteiger partial charge in [-0.05, 0) is 66.1 Å². The summed E-state index contributed by atoms with van der Waals surface area (Å²) in [6.45, 7) is 7.41. The van der Waals surface area contributed by atoms with Crippen molar-refractivity contribution in [1.29, 1.82) is 5.26 Å². The first-order valence-corrected chi connectivity index (χ1v) is 8.04. The van der Waals surface area contributed by atoms with Crippen LogP contribution in [0.5, 0.6) is 0 Å². The van der Waals surface area contributed by atoms with Crippen LogP contribution < -0.4 is 5.32 Å². The fourth-order valence-electron chi connectivity index (χ4n) is 3.60. The SMILES string of the molecule is CC(C)NC(C#N)(CN(C)CC1CCCN1C)C1CC1. The molecular weight excluding hydrogens is 248 g/mol. The molecule has 1 aliphatic heterocycles. The Morgan fingerprint density at radius 3 is 2.55 bits per heavy atom. The maximum atomic E-state index is 9.75. The Labute approximate surface area is 124 Å². The van der Waals surface area contributed by atoms with Crippen LogP contribution in [0.3, 0.4) is 0 Å². The van der Waals surface area contributed by atoms with E-state index in [9.17, 15) is 5.26 Å². The normalized spacial score (nSPS) is 26.9. The van der Waals surface area contributed by atoms with Gasteiger partial charge in [-0.1, -0.05) is 0 Å². The van der Waals surface area contributed by atoms with E-state index in [1.165, 1.54) is 32.2 Å². The third-order valence-corrected chi connectivity index (χ3v) is 4.73. The number of hydrogen-bond acceptors (Lipinski definition) is 4. The van der Waals surface area contributed by atoms with Gasteiger partial charge in [0.05, 0.1) is 6.07 Å². The molecule has 0 spiro atoms. The first-order chi connectivity index (χ1) is 9.47. The molecule has 1 heterocycles. The van der Waals surface area contributed by atoms with Gasteiger partial charge >= 0.3 is 0 Å². The highest BCUT2D eigenvalue weighted by atomic mass is 15.2. The molecule has 0 aromatic heterocycles. The Morgan fingerprint density at radius 1 is 1.40 bits per heavy atom. The molecule has 0 radical (unpaired) electrons. The van der Waals surface area contributed by atoms with Gasteiger partial charge in [0, 0.05) is 25.2 Å². The molecule has 0 aromatic rings. The number of likely N-dealkylation sites (tertiary alicyclic amines) is 1. The quantitative estimate of drug-likeness (QED) is 0.769. The summed E-state index contributed by atoms with van der Waals surface area (Å²) in [5.41, 5.74) is -0.347. The molecule has 2 atom stereocenters. The Bertz CT molecular complexity index is 358. The van der Waals surface area contributed by atoms with Gasteiger partial charge in [-0.15, -0.1) is 0 Å². The van der Waals surface area contributed by atoms with Crippen molar-refractivity contribution < 1.29 is 0 Å². The average molecular weight is 278 g/mol. The predicted molar refractivity (Wildman–Crippen MR) is 82.5 cm³/mol. The molecular formula is C16H30N4. The third-order valence-electron chi connectivity index (χ3n) is 4.73. The molecule has 0 aromatic carbocycles. The van der Waals surface area contributed by atoms with Crippen molar-refractivity contribution in [1.82, 2.24) is 15.1 Å². The van der Waals surface area contributed by atoms with Crippen molar-refractivity contribution >= 4 is 0 Å². The van der Waals surface area contributed by atoms with Gasteiger partial charge in [-0.3, -0.25) is 5.32 Å². The van der Waals surface area contributed by atoms with Crippen LogP contribution in [0.4, 0.5) is 0 Å². The number of rotatable bonds is 7. The van der Waals surface area contributed by atoms with Gasteiger partial charge in [0.15, 0.2) is 0 Å². The lowest BCUT2D eigenvalue weighted by molar-refractivity contribution is 0.174. The highest BCUT2D eigenvalue weighted by Gasteiger charge is 2.46. The summed E-state index contributed by atoms with van der Waals surface area (Å²) in [6.07, 6.45) is 5.00. The first-order valence-electron chi connectivity index (χ1n) is 8.04. The Hall–Kier alpha value is -0.630. The van der Waals surface area contributed by atoms with E-state index in [0.717, 1.165) is 13.1 Å². The molecule has 0 amide bonds. The molecule has 1 saturated heterocycles. The highest BCUT2D eigenvalue weighted by molar-refractivity contribution is 5.17. The molecule has 1 N–H and O–H groups in total. The topological polar surface area (TPSA) is 42.3 Å². The van der Waals surface area contributed by atoms with E-state index < -0.39 is 0 Å². The summed E-state index contributed by atoms with van der Waals surface area (Å²) in [5, 5.41) is 13.3. The van der Waals surface area contributed by atoms with E-state index >= 15 is 0 Å². The zero-order valence-corrected chi connectivity index (χ0v) is 13.5. The van der Waals surface area contributed by atoms with Gasteiger partial charge in [0.25, 0.3) is 0 Å². The lowest BCUT2D eigenvalue weighted by atomic mass is 9.93. The van der Waals surface area contributed by atoms with E-state index in [2.05, 4.69) is 49.1 Å². The minimum atomic E-state index is -0.347. The molecule has 1 saturated carbocycles. The van der Waals surface area contributed by atoms with Crippen LogP contribution in [-0.4, -0.2) is 61.2 Å². The largest absolute Gasteiger partial charge is 0.302 e. The number of likely N-dealkylation sites (N-methyl/N-ethyl adjacent to an activating group) is 2. The summed E-state index contributed by atoms with van der Waals surface area (Å²) >= 11 is 0. The van der Waals surface area contributed by atoms with Crippen molar-refractivity contribution in [3.8, 4) is 6.07 Å². The minimum Gasteiger partial charge on any atom is -0.302 e. The van der Waals surface area contributed by atoms with E-state index in [1.54, 1.807) is 0 Å². The summed E-state index contributed by atoms with van der Waals surface area (Å²) in [6, 6.07) is 3.63. The fraction of sp³-hybridized carbons (Fsp3) is 0.938. The number of hydrogen-bond donors (Lipinski definition) is 1. The maximum absolute atomic E-state index is 9.75. The molecule has 0 bridgehead atoms. The molecule has 2 fully saturated rings. The molecule has 4 heteroatoms. The average Bonchev–Trinajstić information content (AvgIpc) is 3.15. The molecule has 114 valence electrons. The summed E-state index contributed by atoms with van der Waals surface area (Å²) < 4.78 is 0. The summed E-state index contributed by atoms with van der Waals surface area (Å²) in [5.74, 6) is 0.540. The second kappa shape index (κ2) is 6.43. The predicted octanol–water partition coefficient (Wildman–Crippen LogP) is 1.68. The summed E-state index contributed by atoms with van der Waals surface area (Å²) in [4.78, 5) is 4.82. The maximum Gasteiger partial charge on any atom is 0.122 e. The van der Waals surface area contributed by atoms with Crippen LogP contribution in [0.2, 0.25) is 0 Å². The third kappa shape index (κ3) is 3.72. The summed E-state index contributed by atoms with van der Waals surface area (Å²) in [7, 11) is 4.39. The lowest BCUT2D eigenvalue weighted by Crippen LogP contribution is -2.57. The van der Waals surface area contributed by atoms with Crippen LogP contribution in [0.1, 0.15) is 39.5 Å². The number of nitrogens with zero attached hydrogens (tertiary/aromatic N) is 3. The Kier molecular flexibility index (Phi) is 5.06. The molecule has 4 nitrogen and oxygen atoms in total. The lowest BCUT2D eigenvalue weighted by Gasteiger charge is -2.36.